The highest BCUT2D eigenvalue weighted by Gasteiger charge is 2.13. The van der Waals surface area contributed by atoms with Gasteiger partial charge in [-0.1, -0.05) is 61.0 Å². The molecule has 2 atom stereocenters. The van der Waals surface area contributed by atoms with Gasteiger partial charge in [0, 0.05) is 9.75 Å². The molecular formula is C17H21BrS. The third-order valence-corrected chi connectivity index (χ3v) is 6.31. The smallest absolute Gasteiger partial charge is 0.0738 e. The number of halogens is 1. The lowest BCUT2D eigenvalue weighted by Gasteiger charge is -2.12. The van der Waals surface area contributed by atoms with Crippen LogP contribution in [0.15, 0.2) is 36.4 Å². The number of rotatable bonds is 5. The van der Waals surface area contributed by atoms with Gasteiger partial charge in [0.1, 0.15) is 0 Å². The zero-order valence-electron chi connectivity index (χ0n) is 11.8. The molecule has 2 rings (SSSR count). The predicted molar refractivity (Wildman–Crippen MR) is 89.6 cm³/mol. The SMILES string of the molecule is CCc1ccc(C(Br)c2ccc(C(C)CC)cc2)s1. The lowest BCUT2D eigenvalue weighted by atomic mass is 9.97. The van der Waals surface area contributed by atoms with Crippen LogP contribution < -0.4 is 0 Å². The number of aryl methyl sites for hydroxylation is 1. The van der Waals surface area contributed by atoms with Crippen LogP contribution in [0.1, 0.15) is 58.8 Å². The number of hydrogen-bond acceptors (Lipinski definition) is 1. The molecule has 0 aliphatic carbocycles. The van der Waals surface area contributed by atoms with Crippen LogP contribution >= 0.6 is 27.3 Å². The van der Waals surface area contributed by atoms with Crippen molar-refractivity contribution in [2.45, 2.75) is 44.4 Å². The van der Waals surface area contributed by atoms with E-state index in [4.69, 9.17) is 0 Å². The van der Waals surface area contributed by atoms with Crippen molar-refractivity contribution < 1.29 is 0 Å². The Morgan fingerprint density at radius 1 is 1.00 bits per heavy atom. The summed E-state index contributed by atoms with van der Waals surface area (Å²) in [6.45, 7) is 6.73. The van der Waals surface area contributed by atoms with Crippen LogP contribution in [0.3, 0.4) is 0 Å². The van der Waals surface area contributed by atoms with Crippen molar-refractivity contribution in [3.8, 4) is 0 Å². The molecule has 19 heavy (non-hydrogen) atoms. The molecule has 0 fully saturated rings. The topological polar surface area (TPSA) is 0 Å². The lowest BCUT2D eigenvalue weighted by Crippen LogP contribution is -1.94. The van der Waals surface area contributed by atoms with Gasteiger partial charge in [-0.25, -0.2) is 0 Å². The van der Waals surface area contributed by atoms with Crippen molar-refractivity contribution in [3.05, 3.63) is 57.3 Å². The third kappa shape index (κ3) is 3.49. The fraction of sp³-hybridized carbons (Fsp3) is 0.412. The number of benzene rings is 1. The average Bonchev–Trinajstić information content (AvgIpc) is 2.94. The molecule has 0 aliphatic rings. The standard InChI is InChI=1S/C17H21BrS/c1-4-12(3)13-6-8-14(9-7-13)17(18)16-11-10-15(5-2)19-16/h6-12,17H,4-5H2,1-3H3. The molecule has 0 saturated carbocycles. The molecule has 1 heterocycles. The Morgan fingerprint density at radius 2 is 1.63 bits per heavy atom. The fourth-order valence-electron chi connectivity index (χ4n) is 2.11. The molecule has 0 aliphatic heterocycles. The van der Waals surface area contributed by atoms with Crippen molar-refractivity contribution in [1.29, 1.82) is 0 Å². The second-order valence-electron chi connectivity index (χ2n) is 5.00. The molecule has 1 aromatic heterocycles. The van der Waals surface area contributed by atoms with Gasteiger partial charge in [0.25, 0.3) is 0 Å². The van der Waals surface area contributed by atoms with Crippen molar-refractivity contribution in [1.82, 2.24) is 0 Å². The van der Waals surface area contributed by atoms with Crippen LogP contribution in [0, 0.1) is 0 Å². The summed E-state index contributed by atoms with van der Waals surface area (Å²) in [5.74, 6) is 0.649. The minimum atomic E-state index is 0.323. The minimum absolute atomic E-state index is 0.323. The highest BCUT2D eigenvalue weighted by Crippen LogP contribution is 2.36. The quantitative estimate of drug-likeness (QED) is 0.561. The first-order valence-corrected chi connectivity index (χ1v) is 8.71. The maximum absolute atomic E-state index is 3.83. The Morgan fingerprint density at radius 3 is 2.16 bits per heavy atom. The molecule has 0 radical (unpaired) electrons. The van der Waals surface area contributed by atoms with Gasteiger partial charge in [-0.15, -0.1) is 11.3 Å². The van der Waals surface area contributed by atoms with Gasteiger partial charge < -0.3 is 0 Å². The zero-order valence-corrected chi connectivity index (χ0v) is 14.2. The van der Waals surface area contributed by atoms with Crippen LogP contribution in [-0.2, 0) is 6.42 Å². The second-order valence-corrected chi connectivity index (χ2v) is 7.11. The van der Waals surface area contributed by atoms with Gasteiger partial charge in [0.15, 0.2) is 0 Å². The van der Waals surface area contributed by atoms with Crippen LogP contribution in [0.4, 0.5) is 0 Å². The molecule has 0 amide bonds. The molecule has 0 bridgehead atoms. The van der Waals surface area contributed by atoms with E-state index in [9.17, 15) is 0 Å². The van der Waals surface area contributed by atoms with Gasteiger partial charge in [-0.05, 0) is 42.0 Å². The third-order valence-electron chi connectivity index (χ3n) is 3.69. The Bertz CT molecular complexity index is 512. The number of hydrogen-bond donors (Lipinski definition) is 0. The maximum Gasteiger partial charge on any atom is 0.0738 e. The summed E-state index contributed by atoms with van der Waals surface area (Å²) in [5.41, 5.74) is 2.78. The minimum Gasteiger partial charge on any atom is -0.144 e. The number of alkyl halides is 1. The van der Waals surface area contributed by atoms with Crippen molar-refractivity contribution in [3.63, 3.8) is 0 Å². The molecule has 0 nitrogen and oxygen atoms in total. The Kier molecular flexibility index (Phi) is 5.23. The molecule has 0 N–H and O–H groups in total. The molecule has 2 heteroatoms. The Labute approximate surface area is 129 Å². The first-order chi connectivity index (χ1) is 9.15. The van der Waals surface area contributed by atoms with E-state index in [1.54, 1.807) is 0 Å². The van der Waals surface area contributed by atoms with Gasteiger partial charge in [-0.3, -0.25) is 0 Å². The van der Waals surface area contributed by atoms with Crippen molar-refractivity contribution in [2.75, 3.05) is 0 Å². The van der Waals surface area contributed by atoms with E-state index in [1.165, 1.54) is 27.3 Å². The summed E-state index contributed by atoms with van der Waals surface area (Å²) < 4.78 is 0. The number of thiophene rings is 1. The highest BCUT2D eigenvalue weighted by atomic mass is 79.9. The summed E-state index contributed by atoms with van der Waals surface area (Å²) in [6, 6.07) is 13.5. The van der Waals surface area contributed by atoms with Crippen LogP contribution in [0.25, 0.3) is 0 Å². The summed E-state index contributed by atoms with van der Waals surface area (Å²) >= 11 is 5.73. The van der Waals surface area contributed by atoms with E-state index in [0.717, 1.165) is 6.42 Å². The summed E-state index contributed by atoms with van der Waals surface area (Å²) in [6.07, 6.45) is 2.32. The first-order valence-electron chi connectivity index (χ1n) is 6.98. The van der Waals surface area contributed by atoms with Gasteiger partial charge in [0.2, 0.25) is 0 Å². The van der Waals surface area contributed by atoms with Crippen LogP contribution in [0.5, 0.6) is 0 Å². The largest absolute Gasteiger partial charge is 0.144 e. The maximum atomic E-state index is 3.83. The average molecular weight is 337 g/mol. The summed E-state index contributed by atoms with van der Waals surface area (Å²) in [7, 11) is 0. The molecule has 0 saturated heterocycles. The molecule has 2 unspecified atom stereocenters. The molecular weight excluding hydrogens is 316 g/mol. The molecule has 102 valence electrons. The van der Waals surface area contributed by atoms with E-state index in [2.05, 4.69) is 73.1 Å². The Hall–Kier alpha value is -0.600. The fourth-order valence-corrected chi connectivity index (χ4v) is 3.81. The van der Waals surface area contributed by atoms with E-state index < -0.39 is 0 Å². The van der Waals surface area contributed by atoms with E-state index in [0.29, 0.717) is 10.7 Å². The van der Waals surface area contributed by atoms with Crippen LogP contribution in [0.2, 0.25) is 0 Å². The van der Waals surface area contributed by atoms with Gasteiger partial charge in [0.05, 0.1) is 4.83 Å². The summed E-state index contributed by atoms with van der Waals surface area (Å²) in [4.78, 5) is 3.17. The molecule has 2 aromatic rings. The van der Waals surface area contributed by atoms with Gasteiger partial charge in [-0.2, -0.15) is 0 Å². The second kappa shape index (κ2) is 6.71. The van der Waals surface area contributed by atoms with Crippen LogP contribution in [-0.4, -0.2) is 0 Å². The van der Waals surface area contributed by atoms with E-state index in [1.807, 2.05) is 11.3 Å². The van der Waals surface area contributed by atoms with Gasteiger partial charge >= 0.3 is 0 Å². The predicted octanol–water partition coefficient (Wildman–Crippen LogP) is 6.31. The van der Waals surface area contributed by atoms with Crippen molar-refractivity contribution in [2.24, 2.45) is 0 Å². The monoisotopic (exact) mass is 336 g/mol. The molecule has 1 aromatic carbocycles. The summed E-state index contributed by atoms with van der Waals surface area (Å²) in [5, 5.41) is 0. The van der Waals surface area contributed by atoms with Crippen molar-refractivity contribution >= 4 is 27.3 Å². The Balaban J connectivity index is 2.17. The normalized spacial score (nSPS) is 14.3. The van der Waals surface area contributed by atoms with E-state index in [-0.39, 0.29) is 0 Å². The zero-order chi connectivity index (χ0) is 13.8. The highest BCUT2D eigenvalue weighted by molar-refractivity contribution is 9.09. The molecule has 0 spiro atoms. The van der Waals surface area contributed by atoms with E-state index >= 15 is 0 Å². The first kappa shape index (κ1) is 14.8. The lowest BCUT2D eigenvalue weighted by molar-refractivity contribution is 0.733.